The van der Waals surface area contributed by atoms with Gasteiger partial charge in [0.15, 0.2) is 12.3 Å². The van der Waals surface area contributed by atoms with Gasteiger partial charge in [-0.3, -0.25) is 4.79 Å². The number of anilines is 1. The number of aliphatic carboxylic acids is 1. The summed E-state index contributed by atoms with van der Waals surface area (Å²) in [5.74, 6) is -2.04. The second kappa shape index (κ2) is 9.52. The predicted molar refractivity (Wildman–Crippen MR) is 116 cm³/mol. The molecule has 0 saturated carbocycles. The summed E-state index contributed by atoms with van der Waals surface area (Å²) in [5, 5.41) is 8.95. The van der Waals surface area contributed by atoms with Crippen molar-refractivity contribution in [3.05, 3.63) is 58.7 Å². The number of benzene rings is 2. The van der Waals surface area contributed by atoms with Gasteiger partial charge in [-0.15, -0.1) is 5.48 Å². The first-order chi connectivity index (χ1) is 16.8. The molecule has 36 heavy (non-hydrogen) atoms. The van der Waals surface area contributed by atoms with Crippen LogP contribution in [0.15, 0.2) is 41.4 Å². The highest BCUT2D eigenvalue weighted by molar-refractivity contribution is 5.95. The average Bonchev–Trinajstić information content (AvgIpc) is 3.44. The van der Waals surface area contributed by atoms with E-state index in [2.05, 4.69) is 15.2 Å². The Morgan fingerprint density at radius 1 is 1.25 bits per heavy atom. The Bertz CT molecular complexity index is 1180. The summed E-state index contributed by atoms with van der Waals surface area (Å²) in [4.78, 5) is 22.5. The maximum Gasteiger partial charge on any atom is 0.425 e. The van der Waals surface area contributed by atoms with Gasteiger partial charge in [0.05, 0.1) is 12.0 Å². The molecule has 7 nitrogen and oxygen atoms in total. The van der Waals surface area contributed by atoms with Gasteiger partial charge >= 0.3 is 18.3 Å². The molecule has 0 spiro atoms. The minimum atomic E-state index is -4.98. The zero-order valence-electron chi connectivity index (χ0n) is 18.8. The fourth-order valence-electron chi connectivity index (χ4n) is 4.04. The smallest absolute Gasteiger partial charge is 0.425 e. The minimum absolute atomic E-state index is 0.0280. The number of carbonyl (C=O) groups is 1. The van der Waals surface area contributed by atoms with Crippen molar-refractivity contribution in [2.24, 2.45) is 4.99 Å². The first-order valence-electron chi connectivity index (χ1n) is 10.9. The lowest BCUT2D eigenvalue weighted by Crippen LogP contribution is -2.32. The molecule has 194 valence electrons. The van der Waals surface area contributed by atoms with Crippen molar-refractivity contribution in [3.8, 4) is 5.75 Å². The number of hydroxylamine groups is 1. The molecule has 2 aliphatic heterocycles. The van der Waals surface area contributed by atoms with Crippen molar-refractivity contribution >= 4 is 17.6 Å². The van der Waals surface area contributed by atoms with Crippen molar-refractivity contribution in [1.29, 1.82) is 0 Å². The molecular formula is C23H21F6N3O4. The highest BCUT2D eigenvalue weighted by Crippen LogP contribution is 2.40. The molecule has 0 aliphatic carbocycles. The normalized spacial score (nSPS) is 18.5. The van der Waals surface area contributed by atoms with E-state index in [1.165, 1.54) is 0 Å². The number of carboxylic acid groups (broad SMARTS) is 1. The molecule has 0 saturated heterocycles. The van der Waals surface area contributed by atoms with Gasteiger partial charge in [0.25, 0.3) is 0 Å². The second-order valence-electron chi connectivity index (χ2n) is 8.29. The second-order valence-corrected chi connectivity index (χ2v) is 8.29. The van der Waals surface area contributed by atoms with Crippen molar-refractivity contribution in [2.75, 3.05) is 18.0 Å². The maximum absolute atomic E-state index is 13.6. The van der Waals surface area contributed by atoms with E-state index in [1.807, 2.05) is 11.0 Å². The number of rotatable bonds is 7. The average molecular weight is 517 g/mol. The lowest BCUT2D eigenvalue weighted by atomic mass is 10.0. The molecule has 13 heteroatoms. The van der Waals surface area contributed by atoms with Crippen LogP contribution in [0.4, 0.5) is 32.0 Å². The summed E-state index contributed by atoms with van der Waals surface area (Å²) in [7, 11) is 0. The van der Waals surface area contributed by atoms with Crippen molar-refractivity contribution in [2.45, 2.75) is 44.4 Å². The number of fused-ring (bicyclic) bond motifs is 1. The molecule has 2 N–H and O–H groups in total. The largest absolute Gasteiger partial charge is 0.481 e. The molecule has 2 aromatic carbocycles. The van der Waals surface area contributed by atoms with Crippen LogP contribution in [0.2, 0.25) is 0 Å². The van der Waals surface area contributed by atoms with Gasteiger partial charge in [-0.05, 0) is 48.7 Å². The van der Waals surface area contributed by atoms with Crippen LogP contribution < -0.4 is 15.1 Å². The summed E-state index contributed by atoms with van der Waals surface area (Å²) in [6.07, 6.45) is -12.4. The number of halogens is 6. The van der Waals surface area contributed by atoms with Crippen LogP contribution >= 0.6 is 0 Å². The lowest BCUT2D eigenvalue weighted by Gasteiger charge is -2.21. The van der Waals surface area contributed by atoms with Gasteiger partial charge in [-0.25, -0.2) is 4.99 Å². The lowest BCUT2D eigenvalue weighted by molar-refractivity contribution is -0.191. The maximum atomic E-state index is 13.6. The summed E-state index contributed by atoms with van der Waals surface area (Å²) in [6, 6.07) is 7.97. The third-order valence-electron chi connectivity index (χ3n) is 5.86. The third-order valence-corrected chi connectivity index (χ3v) is 5.86. The molecular weight excluding hydrogens is 496 g/mol. The number of hydrogen-bond donors (Lipinski definition) is 2. The Hall–Kier alpha value is -3.48. The Morgan fingerprint density at radius 3 is 2.67 bits per heavy atom. The van der Waals surface area contributed by atoms with Gasteiger partial charge in [0, 0.05) is 24.3 Å². The molecule has 0 amide bonds. The SMILES string of the molecule is CC(Oc1ccc(C2=NC(c3cccc4c3CCN4CCC(=O)O)NO2)cc1C(F)(F)F)C(F)(F)F. The van der Waals surface area contributed by atoms with Crippen LogP contribution in [0.25, 0.3) is 0 Å². The number of nitrogens with one attached hydrogen (secondary N) is 1. The van der Waals surface area contributed by atoms with Crippen molar-refractivity contribution < 1.29 is 45.8 Å². The van der Waals surface area contributed by atoms with Gasteiger partial charge in [-0.2, -0.15) is 26.3 Å². The molecule has 0 radical (unpaired) electrons. The standard InChI is InChI=1S/C23H21F6N3O4/c1-12(22(24,25)26)35-18-6-5-13(11-16(18)23(27,28)29)21-30-20(31-36-21)15-3-2-4-17-14(15)7-9-32(17)10-8-19(33)34/h2-6,11-12,20,31H,7-10H2,1H3,(H,33,34). The fourth-order valence-corrected chi connectivity index (χ4v) is 4.04. The third kappa shape index (κ3) is 5.35. The summed E-state index contributed by atoms with van der Waals surface area (Å²) >= 11 is 0. The van der Waals surface area contributed by atoms with E-state index in [4.69, 9.17) is 9.94 Å². The molecule has 2 unspecified atom stereocenters. The fraction of sp³-hybridized carbons (Fsp3) is 0.391. The molecule has 2 aliphatic rings. The van der Waals surface area contributed by atoms with Crippen LogP contribution in [0.3, 0.4) is 0 Å². The summed E-state index contributed by atoms with van der Waals surface area (Å²) < 4.78 is 83.8. The molecule has 2 heterocycles. The molecule has 0 bridgehead atoms. The van der Waals surface area contributed by atoms with Crippen LogP contribution in [-0.4, -0.2) is 42.3 Å². The summed E-state index contributed by atoms with van der Waals surface area (Å²) in [6.45, 7) is 1.56. The molecule has 4 rings (SSSR count). The number of hydrogen-bond acceptors (Lipinski definition) is 6. The van der Waals surface area contributed by atoms with Crippen molar-refractivity contribution in [3.63, 3.8) is 0 Å². The topological polar surface area (TPSA) is 83.4 Å². The Kier molecular flexibility index (Phi) is 6.78. The number of alkyl halides is 6. The Balaban J connectivity index is 1.60. The monoisotopic (exact) mass is 517 g/mol. The molecule has 2 atom stereocenters. The number of ether oxygens (including phenoxy) is 1. The first-order valence-corrected chi connectivity index (χ1v) is 10.9. The molecule has 2 aromatic rings. The number of aliphatic imine (C=N–C) groups is 1. The van der Waals surface area contributed by atoms with Crippen LogP contribution in [0.5, 0.6) is 5.75 Å². The summed E-state index contributed by atoms with van der Waals surface area (Å²) in [5.41, 5.74) is 3.65. The van der Waals surface area contributed by atoms with E-state index < -0.39 is 41.9 Å². The van der Waals surface area contributed by atoms with Crippen LogP contribution in [0, 0.1) is 0 Å². The highest BCUT2D eigenvalue weighted by Gasteiger charge is 2.41. The van der Waals surface area contributed by atoms with E-state index in [0.29, 0.717) is 32.5 Å². The highest BCUT2D eigenvalue weighted by atomic mass is 19.4. The molecule has 0 fully saturated rings. The quantitative estimate of drug-likeness (QED) is 0.511. The number of nitrogens with zero attached hydrogens (tertiary/aromatic N) is 2. The van der Waals surface area contributed by atoms with Gasteiger partial charge in [0.1, 0.15) is 5.75 Å². The van der Waals surface area contributed by atoms with E-state index in [0.717, 1.165) is 28.9 Å². The van der Waals surface area contributed by atoms with Gasteiger partial charge in [-0.1, -0.05) is 12.1 Å². The van der Waals surface area contributed by atoms with E-state index in [-0.39, 0.29) is 17.9 Å². The minimum Gasteiger partial charge on any atom is -0.481 e. The zero-order valence-corrected chi connectivity index (χ0v) is 18.8. The van der Waals surface area contributed by atoms with Crippen LogP contribution in [-0.2, 0) is 22.2 Å². The van der Waals surface area contributed by atoms with Gasteiger partial charge < -0.3 is 19.6 Å². The van der Waals surface area contributed by atoms with Crippen molar-refractivity contribution in [1.82, 2.24) is 5.48 Å². The van der Waals surface area contributed by atoms with E-state index in [1.54, 1.807) is 12.1 Å². The Morgan fingerprint density at radius 2 is 2.00 bits per heavy atom. The van der Waals surface area contributed by atoms with E-state index in [9.17, 15) is 31.1 Å². The number of carboxylic acids is 1. The zero-order chi connectivity index (χ0) is 26.3. The van der Waals surface area contributed by atoms with E-state index >= 15 is 0 Å². The van der Waals surface area contributed by atoms with Crippen LogP contribution in [0.1, 0.15) is 41.8 Å². The molecule has 0 aromatic heterocycles. The predicted octanol–water partition coefficient (Wildman–Crippen LogP) is 4.85. The van der Waals surface area contributed by atoms with Gasteiger partial charge in [0.2, 0.25) is 5.90 Å². The first kappa shape index (κ1) is 25.6. The Labute approximate surface area is 201 Å².